The fraction of sp³-hybridized carbons (Fsp3) is 0.579. The number of nitrogens with zero attached hydrogens (tertiary/aromatic N) is 1. The van der Waals surface area contributed by atoms with E-state index in [1.54, 1.807) is 6.92 Å². The largest absolute Gasteiger partial charge is 0.353 e. The summed E-state index contributed by atoms with van der Waals surface area (Å²) in [4.78, 5) is 24.3. The Morgan fingerprint density at radius 1 is 1.08 bits per heavy atom. The Bertz CT molecular complexity index is 720. The fourth-order valence-electron chi connectivity index (χ4n) is 3.06. The van der Waals surface area contributed by atoms with Gasteiger partial charge in [0, 0.05) is 37.5 Å². The highest BCUT2D eigenvalue weighted by atomic mass is 32.2. The highest BCUT2D eigenvalue weighted by Gasteiger charge is 2.27. The third-order valence-electron chi connectivity index (χ3n) is 4.84. The molecule has 0 atom stereocenters. The average molecular weight is 381 g/mol. The summed E-state index contributed by atoms with van der Waals surface area (Å²) in [6.45, 7) is 4.56. The van der Waals surface area contributed by atoms with E-state index in [0.717, 1.165) is 6.42 Å². The smallest absolute Gasteiger partial charge is 0.220 e. The van der Waals surface area contributed by atoms with Gasteiger partial charge in [-0.15, -0.1) is 0 Å². The van der Waals surface area contributed by atoms with Crippen molar-refractivity contribution >= 4 is 21.7 Å². The minimum Gasteiger partial charge on any atom is -0.353 e. The molecule has 1 aromatic rings. The summed E-state index contributed by atoms with van der Waals surface area (Å²) in [6.07, 6.45) is 2.48. The number of rotatable bonds is 8. The summed E-state index contributed by atoms with van der Waals surface area (Å²) in [5, 5.41) is 2.92. The minimum atomic E-state index is -3.15. The number of amides is 1. The molecule has 144 valence electrons. The number of Topliss-reactive ketones (excluding diaryl/α,β-unsaturated/α-hetero) is 1. The molecule has 2 rings (SSSR count). The summed E-state index contributed by atoms with van der Waals surface area (Å²) in [5.41, 5.74) is 1.81. The van der Waals surface area contributed by atoms with Crippen molar-refractivity contribution in [1.29, 1.82) is 0 Å². The SMILES string of the molecule is CCc1ccc(C(=O)CCC(=O)NC2CCN(S(=O)(=O)CC)CC2)cc1. The first-order chi connectivity index (χ1) is 12.4. The van der Waals surface area contributed by atoms with Crippen molar-refractivity contribution in [2.45, 2.75) is 52.0 Å². The number of hydrogen-bond donors (Lipinski definition) is 1. The van der Waals surface area contributed by atoms with Crippen LogP contribution in [0.5, 0.6) is 0 Å². The molecule has 1 saturated heterocycles. The van der Waals surface area contributed by atoms with E-state index in [4.69, 9.17) is 0 Å². The molecular formula is C19H28N2O4S. The molecule has 1 aliphatic rings. The molecule has 0 radical (unpaired) electrons. The Balaban J connectivity index is 1.74. The van der Waals surface area contributed by atoms with Gasteiger partial charge in [0.25, 0.3) is 0 Å². The number of ketones is 1. The second-order valence-electron chi connectivity index (χ2n) is 6.62. The maximum Gasteiger partial charge on any atom is 0.220 e. The Labute approximate surface area is 156 Å². The third-order valence-corrected chi connectivity index (χ3v) is 6.72. The van der Waals surface area contributed by atoms with Crippen LogP contribution in [0.4, 0.5) is 0 Å². The van der Waals surface area contributed by atoms with E-state index in [0.29, 0.717) is 31.5 Å². The van der Waals surface area contributed by atoms with Crippen LogP contribution in [0.3, 0.4) is 0 Å². The molecule has 0 saturated carbocycles. The summed E-state index contributed by atoms with van der Waals surface area (Å²) in [5.74, 6) is -0.0854. The number of carbonyl (C=O) groups is 2. The predicted octanol–water partition coefficient (Wildman–Crippen LogP) is 2.14. The molecule has 0 spiro atoms. The van der Waals surface area contributed by atoms with E-state index in [-0.39, 0.29) is 36.3 Å². The van der Waals surface area contributed by atoms with Crippen molar-refractivity contribution in [2.75, 3.05) is 18.8 Å². The lowest BCUT2D eigenvalue weighted by Crippen LogP contribution is -2.46. The summed E-state index contributed by atoms with van der Waals surface area (Å²) in [7, 11) is -3.15. The number of sulfonamides is 1. The fourth-order valence-corrected chi connectivity index (χ4v) is 4.19. The van der Waals surface area contributed by atoms with Crippen molar-refractivity contribution in [3.8, 4) is 0 Å². The number of piperidine rings is 1. The molecule has 1 aliphatic heterocycles. The molecule has 1 aromatic carbocycles. The molecular weight excluding hydrogens is 352 g/mol. The summed E-state index contributed by atoms with van der Waals surface area (Å²) in [6, 6.07) is 7.47. The molecule has 7 heteroatoms. The first kappa shape index (κ1) is 20.6. The number of nitrogens with one attached hydrogen (secondary N) is 1. The van der Waals surface area contributed by atoms with Gasteiger partial charge in [-0.3, -0.25) is 9.59 Å². The van der Waals surface area contributed by atoms with Crippen LogP contribution >= 0.6 is 0 Å². The first-order valence-corrected chi connectivity index (χ1v) is 10.9. The molecule has 26 heavy (non-hydrogen) atoms. The van der Waals surface area contributed by atoms with Crippen molar-refractivity contribution in [2.24, 2.45) is 0 Å². The van der Waals surface area contributed by atoms with Crippen LogP contribution < -0.4 is 5.32 Å². The van der Waals surface area contributed by atoms with E-state index in [2.05, 4.69) is 12.2 Å². The maximum absolute atomic E-state index is 12.2. The second kappa shape index (κ2) is 9.28. The van der Waals surface area contributed by atoms with Crippen LogP contribution in [0.25, 0.3) is 0 Å². The van der Waals surface area contributed by atoms with Crippen LogP contribution in [0, 0.1) is 0 Å². The van der Waals surface area contributed by atoms with Gasteiger partial charge in [0.15, 0.2) is 5.78 Å². The average Bonchev–Trinajstić information content (AvgIpc) is 2.66. The van der Waals surface area contributed by atoms with Crippen LogP contribution in [0.15, 0.2) is 24.3 Å². The number of benzene rings is 1. The molecule has 1 heterocycles. The quantitative estimate of drug-likeness (QED) is 0.701. The lowest BCUT2D eigenvalue weighted by atomic mass is 10.0. The van der Waals surface area contributed by atoms with Crippen LogP contribution in [-0.4, -0.2) is 49.3 Å². The third kappa shape index (κ3) is 5.64. The van der Waals surface area contributed by atoms with Crippen molar-refractivity contribution in [3.05, 3.63) is 35.4 Å². The number of aryl methyl sites for hydroxylation is 1. The zero-order valence-electron chi connectivity index (χ0n) is 15.5. The topological polar surface area (TPSA) is 83.6 Å². The minimum absolute atomic E-state index is 0.0234. The zero-order chi connectivity index (χ0) is 19.2. The van der Waals surface area contributed by atoms with Gasteiger partial charge in [-0.25, -0.2) is 12.7 Å². The van der Waals surface area contributed by atoms with Gasteiger partial charge < -0.3 is 5.32 Å². The van der Waals surface area contributed by atoms with Crippen molar-refractivity contribution in [1.82, 2.24) is 9.62 Å². The van der Waals surface area contributed by atoms with E-state index in [9.17, 15) is 18.0 Å². The molecule has 6 nitrogen and oxygen atoms in total. The van der Waals surface area contributed by atoms with Gasteiger partial charge in [0.05, 0.1) is 5.75 Å². The van der Waals surface area contributed by atoms with E-state index in [1.165, 1.54) is 9.87 Å². The zero-order valence-corrected chi connectivity index (χ0v) is 16.3. The maximum atomic E-state index is 12.2. The van der Waals surface area contributed by atoms with Crippen LogP contribution in [-0.2, 0) is 21.2 Å². The second-order valence-corrected chi connectivity index (χ2v) is 8.87. The van der Waals surface area contributed by atoms with Gasteiger partial charge in [-0.05, 0) is 31.7 Å². The van der Waals surface area contributed by atoms with E-state index >= 15 is 0 Å². The van der Waals surface area contributed by atoms with Gasteiger partial charge in [-0.2, -0.15) is 0 Å². The Morgan fingerprint density at radius 3 is 2.23 bits per heavy atom. The highest BCUT2D eigenvalue weighted by Crippen LogP contribution is 2.15. The number of hydrogen-bond acceptors (Lipinski definition) is 4. The Morgan fingerprint density at radius 2 is 1.69 bits per heavy atom. The molecule has 0 aliphatic carbocycles. The van der Waals surface area contributed by atoms with Gasteiger partial charge in [-0.1, -0.05) is 31.2 Å². The number of carbonyl (C=O) groups excluding carboxylic acids is 2. The summed E-state index contributed by atoms with van der Waals surface area (Å²) >= 11 is 0. The molecule has 1 amide bonds. The van der Waals surface area contributed by atoms with Gasteiger partial charge in [0.1, 0.15) is 0 Å². The van der Waals surface area contributed by atoms with E-state index in [1.807, 2.05) is 24.3 Å². The van der Waals surface area contributed by atoms with E-state index < -0.39 is 10.0 Å². The van der Waals surface area contributed by atoms with Crippen LogP contribution in [0.2, 0.25) is 0 Å². The standard InChI is InChI=1S/C19H28N2O4S/c1-3-15-5-7-16(8-6-15)18(22)9-10-19(23)20-17-11-13-21(14-12-17)26(24,25)4-2/h5-8,17H,3-4,9-14H2,1-2H3,(H,20,23). The Kier molecular flexibility index (Phi) is 7.34. The molecule has 0 unspecified atom stereocenters. The van der Waals surface area contributed by atoms with Crippen LogP contribution in [0.1, 0.15) is 55.5 Å². The lowest BCUT2D eigenvalue weighted by molar-refractivity contribution is -0.122. The van der Waals surface area contributed by atoms with Crippen molar-refractivity contribution < 1.29 is 18.0 Å². The van der Waals surface area contributed by atoms with Crippen molar-refractivity contribution in [3.63, 3.8) is 0 Å². The normalized spacial score (nSPS) is 16.4. The monoisotopic (exact) mass is 380 g/mol. The Hall–Kier alpha value is -1.73. The molecule has 1 fully saturated rings. The molecule has 0 bridgehead atoms. The first-order valence-electron chi connectivity index (χ1n) is 9.25. The lowest BCUT2D eigenvalue weighted by Gasteiger charge is -2.31. The highest BCUT2D eigenvalue weighted by molar-refractivity contribution is 7.89. The predicted molar refractivity (Wildman–Crippen MR) is 102 cm³/mol. The van der Waals surface area contributed by atoms with Gasteiger partial charge >= 0.3 is 0 Å². The molecule has 1 N–H and O–H groups in total. The molecule has 0 aromatic heterocycles. The summed E-state index contributed by atoms with van der Waals surface area (Å²) < 4.78 is 25.2. The van der Waals surface area contributed by atoms with Gasteiger partial charge in [0.2, 0.25) is 15.9 Å².